The molecule has 134 valence electrons. The van der Waals surface area contributed by atoms with Crippen LogP contribution in [0.15, 0.2) is 34.5 Å². The van der Waals surface area contributed by atoms with E-state index < -0.39 is 22.2 Å². The van der Waals surface area contributed by atoms with Crippen molar-refractivity contribution in [2.45, 2.75) is 31.1 Å². The van der Waals surface area contributed by atoms with Crippen LogP contribution < -0.4 is 9.62 Å². The summed E-state index contributed by atoms with van der Waals surface area (Å²) in [6, 6.07) is 9.08. The molecule has 2 heterocycles. The third-order valence-electron chi connectivity index (χ3n) is 4.16. The van der Waals surface area contributed by atoms with Crippen LogP contribution in [0.2, 0.25) is 0 Å². The standard InChI is InChI=1S/C17H20N2O4S2/c1-11-4-6-14(8-12(11)2)19-10-15(23-17(19)20)9-18-25(21,22)16-7-5-13(3)24-16/h4-8,15,18H,9-10H2,1-3H3. The zero-order valence-electron chi connectivity index (χ0n) is 14.3. The Bertz CT molecular complexity index is 905. The number of nitrogens with one attached hydrogen (secondary N) is 1. The number of hydrogen-bond acceptors (Lipinski definition) is 5. The number of anilines is 1. The van der Waals surface area contributed by atoms with Crippen molar-refractivity contribution in [1.29, 1.82) is 0 Å². The zero-order chi connectivity index (χ0) is 18.2. The Morgan fingerprint density at radius 2 is 1.96 bits per heavy atom. The molecule has 1 amide bonds. The molecule has 1 unspecified atom stereocenters. The van der Waals surface area contributed by atoms with Crippen molar-refractivity contribution in [2.24, 2.45) is 0 Å². The van der Waals surface area contributed by atoms with Gasteiger partial charge in [-0.25, -0.2) is 17.9 Å². The summed E-state index contributed by atoms with van der Waals surface area (Å²) in [5.74, 6) is 0. The van der Waals surface area contributed by atoms with Crippen molar-refractivity contribution >= 4 is 33.1 Å². The average molecular weight is 380 g/mol. The Hall–Kier alpha value is -1.90. The molecule has 0 radical (unpaired) electrons. The van der Waals surface area contributed by atoms with Gasteiger partial charge < -0.3 is 4.74 Å². The first-order valence-corrected chi connectivity index (χ1v) is 10.2. The second-order valence-corrected chi connectivity index (χ2v) is 9.38. The van der Waals surface area contributed by atoms with Gasteiger partial charge in [-0.2, -0.15) is 0 Å². The summed E-state index contributed by atoms with van der Waals surface area (Å²) >= 11 is 1.21. The van der Waals surface area contributed by atoms with E-state index in [1.54, 1.807) is 12.1 Å². The molecule has 6 nitrogen and oxygen atoms in total. The van der Waals surface area contributed by atoms with Crippen molar-refractivity contribution < 1.29 is 17.9 Å². The van der Waals surface area contributed by atoms with Crippen LogP contribution in [-0.2, 0) is 14.8 Å². The summed E-state index contributed by atoms with van der Waals surface area (Å²) in [5.41, 5.74) is 2.99. The van der Waals surface area contributed by atoms with Gasteiger partial charge in [-0.15, -0.1) is 11.3 Å². The molecule has 0 bridgehead atoms. The fourth-order valence-corrected chi connectivity index (χ4v) is 4.96. The highest BCUT2D eigenvalue weighted by Gasteiger charge is 2.33. The molecule has 1 N–H and O–H groups in total. The van der Waals surface area contributed by atoms with Gasteiger partial charge in [0, 0.05) is 17.1 Å². The van der Waals surface area contributed by atoms with Crippen molar-refractivity contribution in [2.75, 3.05) is 18.0 Å². The van der Waals surface area contributed by atoms with Gasteiger partial charge in [0.2, 0.25) is 10.0 Å². The Morgan fingerprint density at radius 1 is 1.20 bits per heavy atom. The maximum absolute atomic E-state index is 12.3. The molecule has 1 aliphatic rings. The lowest BCUT2D eigenvalue weighted by molar-refractivity contribution is 0.143. The second-order valence-electron chi connectivity index (χ2n) is 6.10. The van der Waals surface area contributed by atoms with Gasteiger partial charge in [0.1, 0.15) is 10.3 Å². The lowest BCUT2D eigenvalue weighted by Crippen LogP contribution is -2.34. The number of nitrogens with zero attached hydrogens (tertiary/aromatic N) is 1. The van der Waals surface area contributed by atoms with Crippen LogP contribution in [0.1, 0.15) is 16.0 Å². The van der Waals surface area contributed by atoms with E-state index in [0.717, 1.165) is 21.7 Å². The maximum Gasteiger partial charge on any atom is 0.414 e. The predicted octanol–water partition coefficient (Wildman–Crippen LogP) is 2.98. The topological polar surface area (TPSA) is 75.7 Å². The van der Waals surface area contributed by atoms with Crippen molar-refractivity contribution in [3.05, 3.63) is 46.3 Å². The molecule has 1 saturated heterocycles. The van der Waals surface area contributed by atoms with Crippen LogP contribution >= 0.6 is 11.3 Å². The number of rotatable bonds is 5. The van der Waals surface area contributed by atoms with Crippen LogP contribution in [0.25, 0.3) is 0 Å². The van der Waals surface area contributed by atoms with Crippen LogP contribution in [0.4, 0.5) is 10.5 Å². The second kappa shape index (κ2) is 6.78. The quantitative estimate of drug-likeness (QED) is 0.865. The summed E-state index contributed by atoms with van der Waals surface area (Å²) < 4.78 is 32.6. The number of carbonyl (C=O) groups is 1. The Kier molecular flexibility index (Phi) is 4.86. The van der Waals surface area contributed by atoms with E-state index in [4.69, 9.17) is 4.74 Å². The van der Waals surface area contributed by atoms with Gasteiger partial charge in [-0.3, -0.25) is 4.90 Å². The molecule has 1 aromatic carbocycles. The van der Waals surface area contributed by atoms with E-state index in [-0.39, 0.29) is 10.8 Å². The summed E-state index contributed by atoms with van der Waals surface area (Å²) in [6.07, 6.45) is -0.982. The average Bonchev–Trinajstić information content (AvgIpc) is 3.15. The first-order valence-electron chi connectivity index (χ1n) is 7.88. The lowest BCUT2D eigenvalue weighted by atomic mass is 10.1. The van der Waals surface area contributed by atoms with E-state index in [9.17, 15) is 13.2 Å². The number of sulfonamides is 1. The minimum absolute atomic E-state index is 0.0480. The summed E-state index contributed by atoms with van der Waals surface area (Å²) in [4.78, 5) is 14.6. The number of aryl methyl sites for hydroxylation is 3. The molecule has 1 fully saturated rings. The van der Waals surface area contributed by atoms with Gasteiger partial charge in [-0.1, -0.05) is 6.07 Å². The number of cyclic esters (lactones) is 1. The van der Waals surface area contributed by atoms with Crippen LogP contribution in [0, 0.1) is 20.8 Å². The van der Waals surface area contributed by atoms with Gasteiger partial charge in [-0.05, 0) is 56.2 Å². The number of carbonyl (C=O) groups excluding carboxylic acids is 1. The molecule has 0 saturated carbocycles. The van der Waals surface area contributed by atoms with Crippen LogP contribution in [0.5, 0.6) is 0 Å². The van der Waals surface area contributed by atoms with E-state index in [1.165, 1.54) is 16.2 Å². The van der Waals surface area contributed by atoms with Gasteiger partial charge in [0.15, 0.2) is 0 Å². The Morgan fingerprint density at radius 3 is 2.60 bits per heavy atom. The summed E-state index contributed by atoms with van der Waals surface area (Å²) in [7, 11) is -3.58. The van der Waals surface area contributed by atoms with Gasteiger partial charge >= 0.3 is 6.09 Å². The van der Waals surface area contributed by atoms with E-state index in [1.807, 2.05) is 39.0 Å². The number of thiophene rings is 1. The van der Waals surface area contributed by atoms with Crippen molar-refractivity contribution in [3.63, 3.8) is 0 Å². The molecule has 3 rings (SSSR count). The first-order chi connectivity index (χ1) is 11.8. The predicted molar refractivity (Wildman–Crippen MR) is 97.8 cm³/mol. The molecular weight excluding hydrogens is 360 g/mol. The fourth-order valence-electron chi connectivity index (χ4n) is 2.56. The maximum atomic E-state index is 12.3. The highest BCUT2D eigenvalue weighted by Crippen LogP contribution is 2.24. The molecule has 1 atom stereocenters. The van der Waals surface area contributed by atoms with Crippen LogP contribution in [0.3, 0.4) is 0 Å². The minimum Gasteiger partial charge on any atom is -0.443 e. The van der Waals surface area contributed by atoms with Crippen molar-refractivity contribution in [1.82, 2.24) is 4.72 Å². The normalized spacial score (nSPS) is 17.8. The SMILES string of the molecule is Cc1ccc(S(=O)(=O)NCC2CN(c3ccc(C)c(C)c3)C(=O)O2)s1. The fraction of sp³-hybridized carbons (Fsp3) is 0.353. The third kappa shape index (κ3) is 3.86. The monoisotopic (exact) mass is 380 g/mol. The molecular formula is C17H20N2O4S2. The molecule has 1 aromatic heterocycles. The number of hydrogen-bond donors (Lipinski definition) is 1. The van der Waals surface area contributed by atoms with Crippen molar-refractivity contribution in [3.8, 4) is 0 Å². The van der Waals surface area contributed by atoms with Gasteiger partial charge in [0.05, 0.1) is 6.54 Å². The molecule has 1 aliphatic heterocycles. The Labute approximate surface area is 151 Å². The van der Waals surface area contributed by atoms with Crippen LogP contribution in [-0.4, -0.2) is 33.7 Å². The number of benzene rings is 1. The van der Waals surface area contributed by atoms with E-state index in [0.29, 0.717) is 6.54 Å². The molecule has 0 aliphatic carbocycles. The minimum atomic E-state index is -3.58. The Balaban J connectivity index is 1.66. The molecule has 25 heavy (non-hydrogen) atoms. The number of amides is 1. The van der Waals surface area contributed by atoms with E-state index in [2.05, 4.69) is 4.72 Å². The third-order valence-corrected chi connectivity index (χ3v) is 7.07. The van der Waals surface area contributed by atoms with Gasteiger partial charge in [0.25, 0.3) is 0 Å². The number of ether oxygens (including phenoxy) is 1. The first kappa shape index (κ1) is 17.9. The summed E-state index contributed by atoms with van der Waals surface area (Å²) in [5, 5.41) is 0. The largest absolute Gasteiger partial charge is 0.443 e. The smallest absolute Gasteiger partial charge is 0.414 e. The zero-order valence-corrected chi connectivity index (χ0v) is 15.9. The highest BCUT2D eigenvalue weighted by atomic mass is 32.2. The molecule has 0 spiro atoms. The van der Waals surface area contributed by atoms with E-state index >= 15 is 0 Å². The highest BCUT2D eigenvalue weighted by molar-refractivity contribution is 7.91. The summed E-state index contributed by atoms with van der Waals surface area (Å²) in [6.45, 7) is 6.20. The molecule has 2 aromatic rings. The molecule has 8 heteroatoms. The lowest BCUT2D eigenvalue weighted by Gasteiger charge is -2.14.